The van der Waals surface area contributed by atoms with Crippen LogP contribution in [0.2, 0.25) is 0 Å². The molecule has 1 fully saturated rings. The molecule has 1 N–H and O–H groups in total. The van der Waals surface area contributed by atoms with Crippen molar-refractivity contribution in [1.82, 2.24) is 0 Å². The Morgan fingerprint density at radius 3 is 2.64 bits per heavy atom. The van der Waals surface area contributed by atoms with Gasteiger partial charge in [-0.05, 0) is 12.3 Å². The molecule has 0 radical (unpaired) electrons. The first kappa shape index (κ1) is 9.04. The summed E-state index contributed by atoms with van der Waals surface area (Å²) in [6.45, 7) is 4.17. The summed E-state index contributed by atoms with van der Waals surface area (Å²) in [5, 5.41) is 0. The maximum absolute atomic E-state index is 9.86. The van der Waals surface area contributed by atoms with Crippen molar-refractivity contribution in [3.63, 3.8) is 0 Å². The standard InChI is InChI=1S/C9H16OP/c1-4-9-5-8(2)6-11(3,10)7-9/h1,8-10H,5-7H2,2-3H3/q+1/t8-,9?,11?/m0/s1. The molecule has 0 aromatic rings. The van der Waals surface area contributed by atoms with Crippen LogP contribution in [0.4, 0.5) is 0 Å². The fraction of sp³-hybridized carbons (Fsp3) is 0.778. The van der Waals surface area contributed by atoms with E-state index in [1.807, 2.05) is 6.66 Å². The summed E-state index contributed by atoms with van der Waals surface area (Å²) in [4.78, 5) is 9.86. The van der Waals surface area contributed by atoms with Crippen molar-refractivity contribution in [1.29, 1.82) is 0 Å². The van der Waals surface area contributed by atoms with Crippen molar-refractivity contribution in [3.8, 4) is 12.3 Å². The Labute approximate surface area is 69.6 Å². The molecule has 3 atom stereocenters. The van der Waals surface area contributed by atoms with Gasteiger partial charge < -0.3 is 0 Å². The van der Waals surface area contributed by atoms with E-state index in [1.54, 1.807) is 0 Å². The van der Waals surface area contributed by atoms with E-state index < -0.39 is 7.49 Å². The maximum Gasteiger partial charge on any atom is 0.140 e. The summed E-state index contributed by atoms with van der Waals surface area (Å²) in [6.07, 6.45) is 8.33. The molecule has 1 saturated heterocycles. The predicted octanol–water partition coefficient (Wildman–Crippen LogP) is 1.83. The smallest absolute Gasteiger partial charge is 0.140 e. The van der Waals surface area contributed by atoms with Crippen LogP contribution in [0.3, 0.4) is 0 Å². The van der Waals surface area contributed by atoms with Crippen LogP contribution in [-0.2, 0) is 0 Å². The Morgan fingerprint density at radius 1 is 1.55 bits per heavy atom. The first-order valence-electron chi connectivity index (χ1n) is 4.07. The van der Waals surface area contributed by atoms with Crippen molar-refractivity contribution >= 4 is 7.49 Å². The van der Waals surface area contributed by atoms with Crippen LogP contribution >= 0.6 is 7.49 Å². The second-order valence-electron chi connectivity index (χ2n) is 3.91. The Hall–Kier alpha value is -0.0500. The molecule has 1 rings (SSSR count). The van der Waals surface area contributed by atoms with Gasteiger partial charge in [-0.1, -0.05) is 12.8 Å². The van der Waals surface area contributed by atoms with E-state index in [9.17, 15) is 4.89 Å². The van der Waals surface area contributed by atoms with Gasteiger partial charge >= 0.3 is 0 Å². The van der Waals surface area contributed by atoms with Crippen molar-refractivity contribution in [2.75, 3.05) is 19.0 Å². The van der Waals surface area contributed by atoms with E-state index in [0.29, 0.717) is 11.8 Å². The van der Waals surface area contributed by atoms with Gasteiger partial charge in [0.2, 0.25) is 0 Å². The van der Waals surface area contributed by atoms with E-state index in [-0.39, 0.29) is 0 Å². The zero-order chi connectivity index (χ0) is 8.48. The van der Waals surface area contributed by atoms with Gasteiger partial charge in [-0.3, -0.25) is 4.89 Å². The lowest BCUT2D eigenvalue weighted by molar-refractivity contribution is 0.460. The molecule has 2 heteroatoms. The molecule has 0 aromatic carbocycles. The van der Waals surface area contributed by atoms with E-state index >= 15 is 0 Å². The third-order valence-electron chi connectivity index (χ3n) is 2.24. The van der Waals surface area contributed by atoms with Crippen LogP contribution in [0, 0.1) is 24.2 Å². The van der Waals surface area contributed by atoms with Crippen LogP contribution in [0.1, 0.15) is 13.3 Å². The van der Waals surface area contributed by atoms with Crippen molar-refractivity contribution in [2.24, 2.45) is 11.8 Å². The molecular formula is C9H16OP+. The topological polar surface area (TPSA) is 20.2 Å². The fourth-order valence-electron chi connectivity index (χ4n) is 1.98. The van der Waals surface area contributed by atoms with Crippen molar-refractivity contribution in [3.05, 3.63) is 0 Å². The molecule has 1 aliphatic heterocycles. The summed E-state index contributed by atoms with van der Waals surface area (Å²) in [5.41, 5.74) is 0. The van der Waals surface area contributed by atoms with Crippen LogP contribution in [0.15, 0.2) is 0 Å². The van der Waals surface area contributed by atoms with Crippen molar-refractivity contribution in [2.45, 2.75) is 13.3 Å². The van der Waals surface area contributed by atoms with Gasteiger partial charge in [0, 0.05) is 0 Å². The summed E-state index contributed by atoms with van der Waals surface area (Å²) >= 11 is 0. The Balaban J connectivity index is 2.60. The first-order chi connectivity index (χ1) is 5.03. The van der Waals surface area contributed by atoms with Crippen molar-refractivity contribution < 1.29 is 4.89 Å². The first-order valence-corrected chi connectivity index (χ1v) is 6.63. The molecule has 1 heterocycles. The Morgan fingerprint density at radius 2 is 2.18 bits per heavy atom. The molecular weight excluding hydrogens is 155 g/mol. The highest BCUT2D eigenvalue weighted by atomic mass is 31.2. The molecule has 0 aromatic heterocycles. The van der Waals surface area contributed by atoms with Gasteiger partial charge in [0.15, 0.2) is 0 Å². The van der Waals surface area contributed by atoms with Crippen LogP contribution in [0.5, 0.6) is 0 Å². The zero-order valence-electron chi connectivity index (χ0n) is 7.25. The Bertz CT molecular complexity index is 180. The summed E-state index contributed by atoms with van der Waals surface area (Å²) < 4.78 is 0. The monoisotopic (exact) mass is 171 g/mol. The van der Waals surface area contributed by atoms with Gasteiger partial charge in [0.1, 0.15) is 7.49 Å². The average molecular weight is 171 g/mol. The Kier molecular flexibility index (Phi) is 2.58. The number of rotatable bonds is 0. The fourth-order valence-corrected chi connectivity index (χ4v) is 4.82. The van der Waals surface area contributed by atoms with Gasteiger partial charge in [0.05, 0.1) is 24.9 Å². The van der Waals surface area contributed by atoms with Crippen LogP contribution in [0.25, 0.3) is 0 Å². The lowest BCUT2D eigenvalue weighted by Gasteiger charge is -2.28. The van der Waals surface area contributed by atoms with Crippen LogP contribution in [-0.4, -0.2) is 23.9 Å². The minimum atomic E-state index is -1.61. The van der Waals surface area contributed by atoms with Gasteiger partial charge in [-0.25, -0.2) is 0 Å². The predicted molar refractivity (Wildman–Crippen MR) is 50.9 cm³/mol. The highest BCUT2D eigenvalue weighted by molar-refractivity contribution is 7.69. The largest absolute Gasteiger partial charge is 0.252 e. The molecule has 0 spiro atoms. The van der Waals surface area contributed by atoms with E-state index in [0.717, 1.165) is 18.7 Å². The SMILES string of the molecule is C#CC1C[C@H](C)C[P+](C)(O)C1. The second-order valence-corrected chi connectivity index (χ2v) is 7.32. The maximum atomic E-state index is 9.86. The van der Waals surface area contributed by atoms with E-state index in [1.165, 1.54) is 0 Å². The molecule has 0 aliphatic carbocycles. The summed E-state index contributed by atoms with van der Waals surface area (Å²) in [5.74, 6) is 3.71. The van der Waals surface area contributed by atoms with Gasteiger partial charge in [-0.2, -0.15) is 0 Å². The normalized spacial score (nSPS) is 44.9. The summed E-state index contributed by atoms with van der Waals surface area (Å²) in [6, 6.07) is 0. The van der Waals surface area contributed by atoms with E-state index in [4.69, 9.17) is 6.42 Å². The highest BCUT2D eigenvalue weighted by Gasteiger charge is 2.39. The number of terminal acetylenes is 1. The molecule has 0 saturated carbocycles. The molecule has 1 nitrogen and oxygen atoms in total. The van der Waals surface area contributed by atoms with Crippen LogP contribution < -0.4 is 0 Å². The average Bonchev–Trinajstić information content (AvgIpc) is 1.83. The molecule has 11 heavy (non-hydrogen) atoms. The van der Waals surface area contributed by atoms with Gasteiger partial charge in [-0.15, -0.1) is 6.42 Å². The third-order valence-corrected chi connectivity index (χ3v) is 4.88. The number of hydrogen-bond acceptors (Lipinski definition) is 1. The highest BCUT2D eigenvalue weighted by Crippen LogP contribution is 2.57. The van der Waals surface area contributed by atoms with E-state index in [2.05, 4.69) is 12.8 Å². The molecule has 2 unspecified atom stereocenters. The molecule has 0 bridgehead atoms. The lowest BCUT2D eigenvalue weighted by atomic mass is 9.99. The molecule has 62 valence electrons. The molecule has 0 amide bonds. The minimum Gasteiger partial charge on any atom is -0.252 e. The third kappa shape index (κ3) is 2.47. The lowest BCUT2D eigenvalue weighted by Crippen LogP contribution is -2.23. The molecule has 1 aliphatic rings. The quantitative estimate of drug-likeness (QED) is 0.435. The summed E-state index contributed by atoms with van der Waals surface area (Å²) in [7, 11) is -1.61. The van der Waals surface area contributed by atoms with Gasteiger partial charge in [0.25, 0.3) is 0 Å². The zero-order valence-corrected chi connectivity index (χ0v) is 8.14. The minimum absolute atomic E-state index is 0.335. The second kappa shape index (κ2) is 3.13. The number of hydrogen-bond donors (Lipinski definition) is 1.